The van der Waals surface area contributed by atoms with Crippen molar-refractivity contribution in [2.45, 2.75) is 58.2 Å². The minimum Gasteiger partial charge on any atom is -0.447 e. The van der Waals surface area contributed by atoms with E-state index in [-0.39, 0.29) is 18.2 Å². The second kappa shape index (κ2) is 5.25. The molecular weight excluding hydrogens is 216 g/mol. The van der Waals surface area contributed by atoms with Gasteiger partial charge in [0.05, 0.1) is 6.10 Å². The average Bonchev–Trinajstić information content (AvgIpc) is 2.27. The van der Waals surface area contributed by atoms with Crippen LogP contribution in [0.1, 0.15) is 40.0 Å². The number of hydrogen-bond acceptors (Lipinski definition) is 3. The molecule has 0 bridgehead atoms. The zero-order valence-electron chi connectivity index (χ0n) is 11.2. The van der Waals surface area contributed by atoms with Crippen LogP contribution in [-0.2, 0) is 4.74 Å². The molecule has 2 aliphatic heterocycles. The molecule has 2 aliphatic rings. The first-order valence-electron chi connectivity index (χ1n) is 6.79. The monoisotopic (exact) mass is 240 g/mol. The van der Waals surface area contributed by atoms with Gasteiger partial charge in [-0.1, -0.05) is 6.42 Å². The molecule has 0 spiro atoms. The molecule has 2 fully saturated rings. The van der Waals surface area contributed by atoms with Crippen molar-refractivity contribution < 1.29 is 9.53 Å². The maximum Gasteiger partial charge on any atom is 0.410 e. The zero-order chi connectivity index (χ0) is 12.4. The van der Waals surface area contributed by atoms with Crippen molar-refractivity contribution in [3.05, 3.63) is 0 Å². The van der Waals surface area contributed by atoms with Crippen LogP contribution in [-0.4, -0.2) is 53.7 Å². The lowest BCUT2D eigenvalue weighted by atomic mass is 9.97. The van der Waals surface area contributed by atoms with E-state index in [1.54, 1.807) is 0 Å². The van der Waals surface area contributed by atoms with Crippen LogP contribution in [0.3, 0.4) is 0 Å². The molecule has 4 heteroatoms. The number of amides is 1. The SMILES string of the molecule is CC(C)OC(=O)N1CC2CCCCN2CC1C. The maximum absolute atomic E-state index is 12.0. The number of fused-ring (bicyclic) bond motifs is 1. The van der Waals surface area contributed by atoms with Gasteiger partial charge in [-0.15, -0.1) is 0 Å². The highest BCUT2D eigenvalue weighted by molar-refractivity contribution is 5.68. The first kappa shape index (κ1) is 12.7. The van der Waals surface area contributed by atoms with Gasteiger partial charge in [-0.05, 0) is 40.2 Å². The summed E-state index contributed by atoms with van der Waals surface area (Å²) in [5, 5.41) is 0. The Morgan fingerprint density at radius 3 is 2.76 bits per heavy atom. The maximum atomic E-state index is 12.0. The van der Waals surface area contributed by atoms with E-state index in [4.69, 9.17) is 4.74 Å². The fourth-order valence-corrected chi connectivity index (χ4v) is 2.88. The predicted octanol–water partition coefficient (Wildman–Crippen LogP) is 2.09. The Labute approximate surface area is 104 Å². The molecule has 2 atom stereocenters. The third-order valence-corrected chi connectivity index (χ3v) is 3.76. The van der Waals surface area contributed by atoms with Gasteiger partial charge in [0.15, 0.2) is 0 Å². The lowest BCUT2D eigenvalue weighted by Gasteiger charge is -2.47. The van der Waals surface area contributed by atoms with Crippen molar-refractivity contribution in [2.24, 2.45) is 0 Å². The standard InChI is InChI=1S/C13H24N2O2/c1-10(2)17-13(16)15-9-12-6-4-5-7-14(12)8-11(15)3/h10-12H,4-9H2,1-3H3. The molecule has 2 heterocycles. The number of ether oxygens (including phenoxy) is 1. The van der Waals surface area contributed by atoms with Crippen LogP contribution in [0.5, 0.6) is 0 Å². The van der Waals surface area contributed by atoms with Gasteiger partial charge in [0.2, 0.25) is 0 Å². The van der Waals surface area contributed by atoms with E-state index in [0.717, 1.165) is 13.1 Å². The molecule has 0 N–H and O–H groups in total. The summed E-state index contributed by atoms with van der Waals surface area (Å²) in [5.41, 5.74) is 0. The third-order valence-electron chi connectivity index (χ3n) is 3.76. The molecule has 2 saturated heterocycles. The Morgan fingerprint density at radius 1 is 1.29 bits per heavy atom. The van der Waals surface area contributed by atoms with Crippen LogP contribution in [0.15, 0.2) is 0 Å². The first-order chi connectivity index (χ1) is 8.08. The fraction of sp³-hybridized carbons (Fsp3) is 0.923. The summed E-state index contributed by atoms with van der Waals surface area (Å²) in [6.07, 6.45) is 3.65. The third kappa shape index (κ3) is 2.92. The highest BCUT2D eigenvalue weighted by atomic mass is 16.6. The number of nitrogens with zero attached hydrogens (tertiary/aromatic N) is 2. The summed E-state index contributed by atoms with van der Waals surface area (Å²) in [4.78, 5) is 16.4. The number of rotatable bonds is 1. The molecule has 17 heavy (non-hydrogen) atoms. The van der Waals surface area contributed by atoms with Crippen LogP contribution >= 0.6 is 0 Å². The normalized spacial score (nSPS) is 30.2. The Hall–Kier alpha value is -0.770. The van der Waals surface area contributed by atoms with Gasteiger partial charge in [0, 0.05) is 25.2 Å². The van der Waals surface area contributed by atoms with Crippen molar-refractivity contribution in [1.82, 2.24) is 9.80 Å². The van der Waals surface area contributed by atoms with Crippen LogP contribution < -0.4 is 0 Å². The summed E-state index contributed by atoms with van der Waals surface area (Å²) < 4.78 is 5.31. The second-order valence-electron chi connectivity index (χ2n) is 5.58. The molecule has 0 saturated carbocycles. The molecule has 98 valence electrons. The molecule has 0 aromatic rings. The lowest BCUT2D eigenvalue weighted by molar-refractivity contribution is 0.00139. The van der Waals surface area contributed by atoms with E-state index in [1.807, 2.05) is 18.7 Å². The molecule has 0 radical (unpaired) electrons. The minimum atomic E-state index is -0.141. The van der Waals surface area contributed by atoms with Crippen molar-refractivity contribution in [3.63, 3.8) is 0 Å². The number of carbonyl (C=O) groups excluding carboxylic acids is 1. The van der Waals surface area contributed by atoms with Crippen molar-refractivity contribution in [1.29, 1.82) is 0 Å². The molecule has 2 unspecified atom stereocenters. The first-order valence-corrected chi connectivity index (χ1v) is 6.79. The van der Waals surface area contributed by atoms with Crippen molar-refractivity contribution >= 4 is 6.09 Å². The number of piperidine rings is 1. The van der Waals surface area contributed by atoms with Crippen LogP contribution in [0.4, 0.5) is 4.79 Å². The quantitative estimate of drug-likeness (QED) is 0.703. The summed E-state index contributed by atoms with van der Waals surface area (Å²) >= 11 is 0. The predicted molar refractivity (Wildman–Crippen MR) is 67.0 cm³/mol. The molecule has 0 aromatic carbocycles. The second-order valence-corrected chi connectivity index (χ2v) is 5.58. The molecule has 0 aliphatic carbocycles. The molecule has 0 aromatic heterocycles. The lowest BCUT2D eigenvalue weighted by Crippen LogP contribution is -2.60. The topological polar surface area (TPSA) is 32.8 Å². The van der Waals surface area contributed by atoms with Crippen molar-refractivity contribution in [3.8, 4) is 0 Å². The Morgan fingerprint density at radius 2 is 2.06 bits per heavy atom. The van der Waals surface area contributed by atoms with Gasteiger partial charge in [-0.2, -0.15) is 0 Å². The van der Waals surface area contributed by atoms with E-state index >= 15 is 0 Å². The fourth-order valence-electron chi connectivity index (χ4n) is 2.88. The van der Waals surface area contributed by atoms with Crippen molar-refractivity contribution in [2.75, 3.05) is 19.6 Å². The van der Waals surface area contributed by atoms with E-state index in [0.29, 0.717) is 6.04 Å². The number of hydrogen-bond donors (Lipinski definition) is 0. The summed E-state index contributed by atoms with van der Waals surface area (Å²) in [7, 11) is 0. The van der Waals surface area contributed by atoms with E-state index in [2.05, 4.69) is 11.8 Å². The zero-order valence-corrected chi connectivity index (χ0v) is 11.2. The molecular formula is C13H24N2O2. The Balaban J connectivity index is 1.96. The van der Waals surface area contributed by atoms with Gasteiger partial charge >= 0.3 is 6.09 Å². The van der Waals surface area contributed by atoms with E-state index < -0.39 is 0 Å². The van der Waals surface area contributed by atoms with Gasteiger partial charge in [-0.3, -0.25) is 4.90 Å². The Kier molecular flexibility index (Phi) is 3.92. The molecule has 2 rings (SSSR count). The van der Waals surface area contributed by atoms with Crippen LogP contribution in [0.2, 0.25) is 0 Å². The van der Waals surface area contributed by atoms with Gasteiger partial charge in [-0.25, -0.2) is 4.79 Å². The Bertz CT molecular complexity index is 281. The highest BCUT2D eigenvalue weighted by Crippen LogP contribution is 2.24. The highest BCUT2D eigenvalue weighted by Gasteiger charge is 2.35. The molecule has 4 nitrogen and oxygen atoms in total. The summed E-state index contributed by atoms with van der Waals surface area (Å²) in [6, 6.07) is 0.829. The smallest absolute Gasteiger partial charge is 0.410 e. The van der Waals surface area contributed by atoms with E-state index in [1.165, 1.54) is 25.8 Å². The van der Waals surface area contributed by atoms with E-state index in [9.17, 15) is 4.79 Å². The minimum absolute atomic E-state index is 0.0286. The van der Waals surface area contributed by atoms with Crippen LogP contribution in [0.25, 0.3) is 0 Å². The largest absolute Gasteiger partial charge is 0.447 e. The number of piperazine rings is 1. The van der Waals surface area contributed by atoms with Gasteiger partial charge < -0.3 is 9.64 Å². The molecule has 1 amide bonds. The summed E-state index contributed by atoms with van der Waals surface area (Å²) in [5.74, 6) is 0. The summed E-state index contributed by atoms with van der Waals surface area (Å²) in [6.45, 7) is 8.96. The van der Waals surface area contributed by atoms with Gasteiger partial charge in [0.25, 0.3) is 0 Å². The van der Waals surface area contributed by atoms with Crippen LogP contribution in [0, 0.1) is 0 Å². The average molecular weight is 240 g/mol. The van der Waals surface area contributed by atoms with Gasteiger partial charge in [0.1, 0.15) is 0 Å². The number of carbonyl (C=O) groups is 1.